The highest BCUT2D eigenvalue weighted by atomic mass is 79.9. The summed E-state index contributed by atoms with van der Waals surface area (Å²) in [5.74, 6) is 1.57. The molecule has 0 aliphatic rings. The first kappa shape index (κ1) is 14.6. The first-order chi connectivity index (χ1) is 10.2. The van der Waals surface area contributed by atoms with Crippen LogP contribution in [0.2, 0.25) is 5.02 Å². The predicted octanol–water partition coefficient (Wildman–Crippen LogP) is 5.18. The molecule has 3 rings (SSSR count). The van der Waals surface area contributed by atoms with E-state index in [2.05, 4.69) is 31.1 Å². The minimum atomic E-state index is 0.732. The highest BCUT2D eigenvalue weighted by Gasteiger charge is 2.09. The van der Waals surface area contributed by atoms with Crippen molar-refractivity contribution in [3.63, 3.8) is 0 Å². The molecule has 0 bridgehead atoms. The molecule has 0 fully saturated rings. The van der Waals surface area contributed by atoms with Gasteiger partial charge in [-0.1, -0.05) is 69.6 Å². The van der Waals surface area contributed by atoms with E-state index in [9.17, 15) is 0 Å². The van der Waals surface area contributed by atoms with Gasteiger partial charge in [0.25, 0.3) is 0 Å². The van der Waals surface area contributed by atoms with E-state index in [4.69, 9.17) is 11.6 Å². The average Bonchev–Trinajstić information content (AvgIpc) is 2.96. The summed E-state index contributed by atoms with van der Waals surface area (Å²) >= 11 is 11.0. The van der Waals surface area contributed by atoms with E-state index in [0.29, 0.717) is 0 Å². The summed E-state index contributed by atoms with van der Waals surface area (Å²) in [5.41, 5.74) is 2.19. The zero-order chi connectivity index (χ0) is 14.7. The van der Waals surface area contributed by atoms with E-state index in [-0.39, 0.29) is 0 Å². The minimum Gasteiger partial charge on any atom is -0.258 e. The number of benzene rings is 2. The van der Waals surface area contributed by atoms with Gasteiger partial charge in [-0.3, -0.25) is 5.10 Å². The third-order valence-electron chi connectivity index (χ3n) is 2.88. The third-order valence-corrected chi connectivity index (χ3v) is 4.74. The topological polar surface area (TPSA) is 41.6 Å². The summed E-state index contributed by atoms with van der Waals surface area (Å²) in [6.07, 6.45) is 0. The minimum absolute atomic E-state index is 0.732. The molecule has 1 heterocycles. The largest absolute Gasteiger partial charge is 0.258 e. The van der Waals surface area contributed by atoms with Crippen LogP contribution in [0.25, 0.3) is 11.4 Å². The molecule has 0 amide bonds. The Morgan fingerprint density at radius 2 is 1.86 bits per heavy atom. The molecular weight excluding hydrogens is 370 g/mol. The van der Waals surface area contributed by atoms with Gasteiger partial charge in [0.15, 0.2) is 5.82 Å². The summed E-state index contributed by atoms with van der Waals surface area (Å²) in [6.45, 7) is 0. The van der Waals surface area contributed by atoms with E-state index in [0.717, 1.165) is 31.8 Å². The average molecular weight is 381 g/mol. The van der Waals surface area contributed by atoms with Gasteiger partial charge in [0, 0.05) is 20.8 Å². The maximum absolute atomic E-state index is 5.87. The Labute approximate surface area is 140 Å². The van der Waals surface area contributed by atoms with E-state index in [1.54, 1.807) is 11.8 Å². The molecule has 0 aliphatic carbocycles. The van der Waals surface area contributed by atoms with Gasteiger partial charge >= 0.3 is 0 Å². The van der Waals surface area contributed by atoms with Gasteiger partial charge in [0.1, 0.15) is 0 Å². The van der Waals surface area contributed by atoms with Crippen LogP contribution in [-0.2, 0) is 5.75 Å². The molecule has 1 aromatic heterocycles. The molecule has 0 spiro atoms. The first-order valence-electron chi connectivity index (χ1n) is 6.27. The summed E-state index contributed by atoms with van der Waals surface area (Å²) < 4.78 is 0.996. The van der Waals surface area contributed by atoms with E-state index < -0.39 is 0 Å². The molecule has 3 aromatic rings. The lowest BCUT2D eigenvalue weighted by Gasteiger charge is -1.99. The van der Waals surface area contributed by atoms with Gasteiger partial charge in [-0.25, -0.2) is 4.98 Å². The Morgan fingerprint density at radius 3 is 2.62 bits per heavy atom. The lowest BCUT2D eigenvalue weighted by atomic mass is 10.2. The zero-order valence-corrected chi connectivity index (χ0v) is 14.0. The molecule has 6 heteroatoms. The number of H-pyrrole nitrogens is 1. The van der Waals surface area contributed by atoms with E-state index in [1.165, 1.54) is 5.56 Å². The molecule has 21 heavy (non-hydrogen) atoms. The lowest BCUT2D eigenvalue weighted by Crippen LogP contribution is -1.82. The number of thioether (sulfide) groups is 1. The van der Waals surface area contributed by atoms with Crippen LogP contribution in [-0.4, -0.2) is 15.2 Å². The number of nitrogens with one attached hydrogen (secondary N) is 1. The Morgan fingerprint density at radius 1 is 1.10 bits per heavy atom. The molecular formula is C15H11BrClN3S. The number of aromatic amines is 1. The molecule has 0 unspecified atom stereocenters. The van der Waals surface area contributed by atoms with Crippen molar-refractivity contribution in [2.45, 2.75) is 10.9 Å². The highest BCUT2D eigenvalue weighted by molar-refractivity contribution is 9.10. The molecule has 106 valence electrons. The summed E-state index contributed by atoms with van der Waals surface area (Å²) in [7, 11) is 0. The van der Waals surface area contributed by atoms with Gasteiger partial charge in [0.2, 0.25) is 5.16 Å². The van der Waals surface area contributed by atoms with Crippen LogP contribution in [0.15, 0.2) is 58.2 Å². The standard InChI is InChI=1S/C15H11BrClN3S/c16-13-4-2-1-3-12(13)14-18-15(20-19-14)21-9-10-5-7-11(17)8-6-10/h1-8H,9H2,(H,18,19,20). The molecule has 0 saturated heterocycles. The SMILES string of the molecule is Clc1ccc(CSc2n[nH]c(-c3ccccc3Br)n2)cc1. The van der Waals surface area contributed by atoms with Crippen molar-refractivity contribution in [3.8, 4) is 11.4 Å². The van der Waals surface area contributed by atoms with Gasteiger partial charge in [-0.15, -0.1) is 5.10 Å². The van der Waals surface area contributed by atoms with Crippen molar-refractivity contribution in [2.24, 2.45) is 0 Å². The molecule has 0 atom stereocenters. The zero-order valence-electron chi connectivity index (χ0n) is 10.9. The maximum atomic E-state index is 5.87. The van der Waals surface area contributed by atoms with E-state index in [1.807, 2.05) is 48.5 Å². The number of rotatable bonds is 4. The van der Waals surface area contributed by atoms with Crippen LogP contribution in [0.1, 0.15) is 5.56 Å². The quantitative estimate of drug-likeness (QED) is 0.634. The second-order valence-electron chi connectivity index (χ2n) is 4.36. The second kappa shape index (κ2) is 6.64. The fourth-order valence-electron chi connectivity index (χ4n) is 1.81. The van der Waals surface area contributed by atoms with Gasteiger partial charge in [-0.2, -0.15) is 0 Å². The van der Waals surface area contributed by atoms with E-state index >= 15 is 0 Å². The number of hydrogen-bond donors (Lipinski definition) is 1. The van der Waals surface area contributed by atoms with Crippen molar-refractivity contribution < 1.29 is 0 Å². The second-order valence-corrected chi connectivity index (χ2v) is 6.59. The lowest BCUT2D eigenvalue weighted by molar-refractivity contribution is 0.973. The van der Waals surface area contributed by atoms with Gasteiger partial charge in [-0.05, 0) is 23.8 Å². The highest BCUT2D eigenvalue weighted by Crippen LogP contribution is 2.27. The predicted molar refractivity (Wildman–Crippen MR) is 90.5 cm³/mol. The number of aromatic nitrogens is 3. The summed E-state index contributed by atoms with van der Waals surface area (Å²) in [5, 5.41) is 8.70. The molecule has 0 saturated carbocycles. The van der Waals surface area contributed by atoms with Crippen molar-refractivity contribution in [1.29, 1.82) is 0 Å². The van der Waals surface area contributed by atoms with Crippen LogP contribution in [0.4, 0.5) is 0 Å². The fraction of sp³-hybridized carbons (Fsp3) is 0.0667. The van der Waals surface area contributed by atoms with Crippen LogP contribution in [0, 0.1) is 0 Å². The monoisotopic (exact) mass is 379 g/mol. The summed E-state index contributed by atoms with van der Waals surface area (Å²) in [4.78, 5) is 4.51. The van der Waals surface area contributed by atoms with Crippen LogP contribution in [0.5, 0.6) is 0 Å². The maximum Gasteiger partial charge on any atom is 0.209 e. The smallest absolute Gasteiger partial charge is 0.209 e. The van der Waals surface area contributed by atoms with Gasteiger partial charge in [0.05, 0.1) is 0 Å². The first-order valence-corrected chi connectivity index (χ1v) is 8.42. The summed E-state index contributed by atoms with van der Waals surface area (Å²) in [6, 6.07) is 15.7. The van der Waals surface area contributed by atoms with Crippen molar-refractivity contribution in [3.05, 3.63) is 63.6 Å². The Balaban J connectivity index is 1.71. The third kappa shape index (κ3) is 3.67. The Kier molecular flexibility index (Phi) is 4.63. The number of hydrogen-bond acceptors (Lipinski definition) is 3. The number of halogens is 2. The van der Waals surface area contributed by atoms with Crippen molar-refractivity contribution >= 4 is 39.3 Å². The normalized spacial score (nSPS) is 10.8. The Bertz CT molecular complexity index is 743. The van der Waals surface area contributed by atoms with Crippen LogP contribution in [0.3, 0.4) is 0 Å². The van der Waals surface area contributed by atoms with Crippen molar-refractivity contribution in [1.82, 2.24) is 15.2 Å². The molecule has 0 aliphatic heterocycles. The fourth-order valence-corrected chi connectivity index (χ4v) is 3.17. The molecule has 1 N–H and O–H groups in total. The Hall–Kier alpha value is -1.30. The number of nitrogens with zero attached hydrogens (tertiary/aromatic N) is 2. The van der Waals surface area contributed by atoms with Crippen molar-refractivity contribution in [2.75, 3.05) is 0 Å². The van der Waals surface area contributed by atoms with Crippen LogP contribution < -0.4 is 0 Å². The van der Waals surface area contributed by atoms with Gasteiger partial charge < -0.3 is 0 Å². The van der Waals surface area contributed by atoms with Crippen LogP contribution >= 0.6 is 39.3 Å². The molecule has 2 aromatic carbocycles. The molecule has 0 radical (unpaired) electrons. The molecule has 3 nitrogen and oxygen atoms in total.